The molecule has 4 rings (SSSR count). The summed E-state index contributed by atoms with van der Waals surface area (Å²) in [5.74, 6) is -0.479. The molecule has 0 fully saturated rings. The first-order chi connectivity index (χ1) is 14.4. The highest BCUT2D eigenvalue weighted by Crippen LogP contribution is 2.28. The number of hydrazone groups is 1. The van der Waals surface area contributed by atoms with E-state index in [9.17, 15) is 24.8 Å². The fourth-order valence-corrected chi connectivity index (χ4v) is 3.38. The third-order valence-corrected chi connectivity index (χ3v) is 4.88. The second-order valence-corrected chi connectivity index (χ2v) is 6.83. The monoisotopic (exact) mass is 407 g/mol. The van der Waals surface area contributed by atoms with Crippen LogP contribution in [-0.2, 0) is 6.54 Å². The summed E-state index contributed by atoms with van der Waals surface area (Å²) in [5, 5.41) is 25.8. The van der Waals surface area contributed by atoms with Gasteiger partial charge in [-0.15, -0.1) is 0 Å². The minimum atomic E-state index is -0.748. The number of hydrogen-bond donors (Lipinski definition) is 3. The molecular weight excluding hydrogens is 390 g/mol. The predicted octanol–water partition coefficient (Wildman–Crippen LogP) is 1.64. The first kappa shape index (κ1) is 19.1. The molecule has 1 aliphatic heterocycles. The van der Waals surface area contributed by atoms with Gasteiger partial charge in [0.05, 0.1) is 23.2 Å². The van der Waals surface area contributed by atoms with Crippen LogP contribution < -0.4 is 16.7 Å². The molecule has 0 saturated carbocycles. The number of non-ortho nitro benzene ring substituents is 1. The summed E-state index contributed by atoms with van der Waals surface area (Å²) in [6.07, 6.45) is 0.210. The van der Waals surface area contributed by atoms with Crippen LogP contribution in [-0.4, -0.2) is 25.3 Å². The topological polar surface area (TPSA) is 143 Å². The number of rotatable bonds is 5. The number of benzene rings is 2. The van der Waals surface area contributed by atoms with E-state index in [1.807, 2.05) is 6.07 Å². The smallest absolute Gasteiger partial charge is 0.331 e. The Bertz CT molecular complexity index is 1260. The molecule has 1 unspecified atom stereocenters. The highest BCUT2D eigenvalue weighted by Gasteiger charge is 2.28. The molecule has 1 atom stereocenters. The summed E-state index contributed by atoms with van der Waals surface area (Å²) in [6, 6.07) is 14.7. The van der Waals surface area contributed by atoms with E-state index in [0.29, 0.717) is 5.56 Å². The number of nitrogens with zero attached hydrogens (tertiary/aromatic N) is 3. The van der Waals surface area contributed by atoms with Gasteiger partial charge in [0, 0.05) is 18.6 Å². The number of hydrogen-bond acceptors (Lipinski definition) is 7. The molecule has 0 bridgehead atoms. The fraction of sp³-hybridized carbons (Fsp3) is 0.150. The minimum Gasteiger partial charge on any atom is -0.494 e. The molecule has 0 saturated heterocycles. The van der Waals surface area contributed by atoms with Gasteiger partial charge in [-0.1, -0.05) is 42.5 Å². The van der Waals surface area contributed by atoms with Crippen LogP contribution in [0.3, 0.4) is 0 Å². The molecule has 10 nitrogen and oxygen atoms in total. The van der Waals surface area contributed by atoms with E-state index in [1.54, 1.807) is 36.4 Å². The Labute approximate surface area is 169 Å². The van der Waals surface area contributed by atoms with Crippen molar-refractivity contribution in [2.24, 2.45) is 5.10 Å². The van der Waals surface area contributed by atoms with Crippen molar-refractivity contribution in [2.75, 3.05) is 0 Å². The average Bonchev–Trinajstić information content (AvgIpc) is 3.21. The number of nitrogens with one attached hydrogen (secondary N) is 2. The molecule has 3 aromatic rings. The van der Waals surface area contributed by atoms with E-state index >= 15 is 0 Å². The first-order valence-electron chi connectivity index (χ1n) is 9.11. The van der Waals surface area contributed by atoms with E-state index in [0.717, 1.165) is 10.1 Å². The van der Waals surface area contributed by atoms with E-state index in [4.69, 9.17) is 0 Å². The molecule has 2 heterocycles. The normalized spacial score (nSPS) is 15.5. The first-order valence-corrected chi connectivity index (χ1v) is 9.11. The van der Waals surface area contributed by atoms with Crippen molar-refractivity contribution in [3.8, 4) is 5.88 Å². The van der Waals surface area contributed by atoms with Crippen LogP contribution in [0.15, 0.2) is 69.3 Å². The molecule has 0 aliphatic carbocycles. The van der Waals surface area contributed by atoms with E-state index < -0.39 is 28.1 Å². The largest absolute Gasteiger partial charge is 0.494 e. The maximum absolute atomic E-state index is 12.4. The van der Waals surface area contributed by atoms with Crippen LogP contribution in [0, 0.1) is 10.1 Å². The molecule has 0 radical (unpaired) electrons. The van der Waals surface area contributed by atoms with Crippen molar-refractivity contribution in [1.29, 1.82) is 0 Å². The summed E-state index contributed by atoms with van der Waals surface area (Å²) in [5.41, 5.74) is 2.85. The van der Waals surface area contributed by atoms with Gasteiger partial charge in [-0.25, -0.2) is 4.79 Å². The van der Waals surface area contributed by atoms with Crippen LogP contribution in [0.4, 0.5) is 5.69 Å². The van der Waals surface area contributed by atoms with Gasteiger partial charge in [0.25, 0.3) is 11.2 Å². The van der Waals surface area contributed by atoms with Crippen LogP contribution in [0.2, 0.25) is 0 Å². The Morgan fingerprint density at radius 3 is 2.67 bits per heavy atom. The molecule has 1 aliphatic rings. The van der Waals surface area contributed by atoms with Gasteiger partial charge in [-0.2, -0.15) is 5.10 Å². The van der Waals surface area contributed by atoms with Crippen LogP contribution in [0.25, 0.3) is 0 Å². The summed E-state index contributed by atoms with van der Waals surface area (Å²) in [4.78, 5) is 37.4. The highest BCUT2D eigenvalue weighted by atomic mass is 16.6. The molecule has 30 heavy (non-hydrogen) atoms. The molecule has 1 aromatic heterocycles. The van der Waals surface area contributed by atoms with E-state index in [2.05, 4.69) is 15.5 Å². The van der Waals surface area contributed by atoms with Gasteiger partial charge in [-0.3, -0.25) is 24.5 Å². The van der Waals surface area contributed by atoms with Crippen molar-refractivity contribution >= 4 is 11.4 Å². The summed E-state index contributed by atoms with van der Waals surface area (Å²) < 4.78 is 1.06. The maximum Gasteiger partial charge on any atom is 0.331 e. The number of nitro groups is 1. The van der Waals surface area contributed by atoms with Gasteiger partial charge in [0.15, 0.2) is 0 Å². The van der Waals surface area contributed by atoms with Gasteiger partial charge < -0.3 is 10.5 Å². The number of nitro benzene ring substituents is 1. The Balaban J connectivity index is 1.66. The van der Waals surface area contributed by atoms with Crippen molar-refractivity contribution < 1.29 is 10.0 Å². The Kier molecular flexibility index (Phi) is 4.88. The molecule has 2 aromatic carbocycles. The van der Waals surface area contributed by atoms with Gasteiger partial charge in [0.2, 0.25) is 5.88 Å². The Hall–Kier alpha value is -4.21. The van der Waals surface area contributed by atoms with Crippen molar-refractivity contribution in [1.82, 2.24) is 15.0 Å². The lowest BCUT2D eigenvalue weighted by Gasteiger charge is -2.12. The van der Waals surface area contributed by atoms with Crippen molar-refractivity contribution in [3.05, 3.63) is 102 Å². The van der Waals surface area contributed by atoms with E-state index in [1.165, 1.54) is 12.1 Å². The van der Waals surface area contributed by atoms with Crippen LogP contribution >= 0.6 is 0 Å². The second kappa shape index (κ2) is 7.66. The zero-order chi connectivity index (χ0) is 21.3. The molecule has 3 N–H and O–H groups in total. The lowest BCUT2D eigenvalue weighted by Crippen LogP contribution is -2.34. The third kappa shape index (κ3) is 3.58. The number of aromatic hydroxyl groups is 1. The van der Waals surface area contributed by atoms with Gasteiger partial charge in [-0.05, 0) is 11.1 Å². The molecular formula is C20H17N5O5. The molecule has 0 spiro atoms. The number of aromatic amines is 1. The lowest BCUT2D eigenvalue weighted by molar-refractivity contribution is -0.384. The standard InChI is InChI=1S/C20H17N5O5/c26-18-17(19(27)24(20(28)21-18)11-12-5-2-1-3-6-12)16-10-15(22-23-16)13-7-4-8-14(9-13)25(29)30/h1-9,15,22,27H,10-11H2,(H,21,26,28). The van der Waals surface area contributed by atoms with Crippen LogP contribution in [0.1, 0.15) is 29.2 Å². The molecule has 152 valence electrons. The summed E-state index contributed by atoms with van der Waals surface area (Å²) in [7, 11) is 0. The Morgan fingerprint density at radius 1 is 1.17 bits per heavy atom. The third-order valence-electron chi connectivity index (χ3n) is 4.88. The molecule has 10 heteroatoms. The number of H-pyrrole nitrogens is 1. The fourth-order valence-electron chi connectivity index (χ4n) is 3.38. The predicted molar refractivity (Wildman–Crippen MR) is 109 cm³/mol. The summed E-state index contributed by atoms with van der Waals surface area (Å²) in [6.45, 7) is 0.0737. The lowest BCUT2D eigenvalue weighted by atomic mass is 9.99. The minimum absolute atomic E-state index is 0.0557. The van der Waals surface area contributed by atoms with Gasteiger partial charge >= 0.3 is 5.69 Å². The average molecular weight is 407 g/mol. The van der Waals surface area contributed by atoms with Gasteiger partial charge in [0.1, 0.15) is 5.56 Å². The SMILES string of the molecule is O=c1[nH]c(=O)n(Cc2ccccc2)c(O)c1C1=NNC(c2cccc([N+](=O)[O-])c2)C1. The van der Waals surface area contributed by atoms with Crippen molar-refractivity contribution in [3.63, 3.8) is 0 Å². The zero-order valence-corrected chi connectivity index (χ0v) is 15.6. The second-order valence-electron chi connectivity index (χ2n) is 6.83. The molecule has 0 amide bonds. The van der Waals surface area contributed by atoms with Crippen LogP contribution in [0.5, 0.6) is 5.88 Å². The zero-order valence-electron chi connectivity index (χ0n) is 15.6. The highest BCUT2D eigenvalue weighted by molar-refractivity contribution is 6.03. The maximum atomic E-state index is 12.4. The quantitative estimate of drug-likeness (QED) is 0.433. The van der Waals surface area contributed by atoms with Crippen molar-refractivity contribution in [2.45, 2.75) is 19.0 Å². The Morgan fingerprint density at radius 2 is 1.93 bits per heavy atom. The summed E-state index contributed by atoms with van der Waals surface area (Å²) >= 11 is 0. The number of aromatic nitrogens is 2. The van der Waals surface area contributed by atoms with E-state index in [-0.39, 0.29) is 29.9 Å².